The van der Waals surface area contributed by atoms with Crippen LogP contribution in [0.2, 0.25) is 0 Å². The van der Waals surface area contributed by atoms with Crippen LogP contribution in [-0.4, -0.2) is 5.78 Å². The summed E-state index contributed by atoms with van der Waals surface area (Å²) >= 11 is 0. The van der Waals surface area contributed by atoms with Crippen LogP contribution in [0.15, 0.2) is 24.3 Å². The zero-order chi connectivity index (χ0) is 8.84. The molecule has 1 fully saturated rings. The van der Waals surface area contributed by atoms with E-state index in [4.69, 9.17) is 0 Å². The van der Waals surface area contributed by atoms with E-state index in [0.717, 1.165) is 12.8 Å². The Kier molecular flexibility index (Phi) is 1.37. The summed E-state index contributed by atoms with van der Waals surface area (Å²) < 4.78 is 0. The molecule has 1 aromatic carbocycles. The second-order valence-electron chi connectivity index (χ2n) is 4.13. The van der Waals surface area contributed by atoms with Crippen LogP contribution in [0, 0.1) is 0 Å². The van der Waals surface area contributed by atoms with Crippen LogP contribution in [0.25, 0.3) is 0 Å². The lowest BCUT2D eigenvalue weighted by Gasteiger charge is -2.36. The first kappa shape index (κ1) is 7.31. The van der Waals surface area contributed by atoms with Crippen molar-refractivity contribution in [3.8, 4) is 0 Å². The minimum absolute atomic E-state index is 0.237. The van der Waals surface area contributed by atoms with Crippen molar-refractivity contribution in [2.24, 2.45) is 0 Å². The Labute approximate surface area is 77.8 Å². The monoisotopic (exact) mass is 172 g/mol. The van der Waals surface area contributed by atoms with Gasteiger partial charge < -0.3 is 0 Å². The lowest BCUT2D eigenvalue weighted by atomic mass is 9.66. The van der Waals surface area contributed by atoms with Crippen molar-refractivity contribution >= 4 is 5.78 Å². The fraction of sp³-hybridized carbons (Fsp3) is 0.417. The molecule has 0 saturated heterocycles. The fourth-order valence-corrected chi connectivity index (χ4v) is 2.81. The van der Waals surface area contributed by atoms with E-state index in [2.05, 4.69) is 18.2 Å². The van der Waals surface area contributed by atoms with Gasteiger partial charge >= 0.3 is 0 Å². The number of ketones is 1. The van der Waals surface area contributed by atoms with Gasteiger partial charge in [0.1, 0.15) is 5.78 Å². The number of carbonyl (C=O) groups is 1. The third-order valence-corrected chi connectivity index (χ3v) is 3.45. The van der Waals surface area contributed by atoms with E-state index in [-0.39, 0.29) is 5.92 Å². The summed E-state index contributed by atoms with van der Waals surface area (Å²) in [4.78, 5) is 11.6. The first-order valence-electron chi connectivity index (χ1n) is 4.98. The van der Waals surface area contributed by atoms with Gasteiger partial charge in [0.05, 0.1) is 0 Å². The zero-order valence-electron chi connectivity index (χ0n) is 7.49. The molecule has 1 saturated carbocycles. The Morgan fingerprint density at radius 1 is 1.08 bits per heavy atom. The van der Waals surface area contributed by atoms with E-state index in [9.17, 15) is 4.79 Å². The van der Waals surface area contributed by atoms with Gasteiger partial charge in [0.2, 0.25) is 0 Å². The molecule has 0 N–H and O–H groups in total. The highest BCUT2D eigenvalue weighted by Gasteiger charge is 2.37. The van der Waals surface area contributed by atoms with Crippen LogP contribution < -0.4 is 0 Å². The number of hydrogen-bond acceptors (Lipinski definition) is 1. The Bertz CT molecular complexity index is 367. The molecule has 0 heterocycles. The predicted molar refractivity (Wildman–Crippen MR) is 50.8 cm³/mol. The standard InChI is InChI=1S/C12H12O/c13-12-7-8-5-6-11(12)10-4-2-1-3-9(8)10/h1-4,8,11H,5-7H2/t8-,11-/m1/s1. The largest absolute Gasteiger partial charge is 0.299 e. The Morgan fingerprint density at radius 2 is 1.85 bits per heavy atom. The van der Waals surface area contributed by atoms with Gasteiger partial charge in [-0.2, -0.15) is 0 Å². The second kappa shape index (κ2) is 2.44. The normalized spacial score (nSPS) is 30.3. The van der Waals surface area contributed by atoms with Gasteiger partial charge in [-0.15, -0.1) is 0 Å². The van der Waals surface area contributed by atoms with Crippen molar-refractivity contribution < 1.29 is 4.79 Å². The molecule has 0 spiro atoms. The van der Waals surface area contributed by atoms with Crippen molar-refractivity contribution in [2.45, 2.75) is 31.1 Å². The number of carbonyl (C=O) groups excluding carboxylic acids is 1. The molecule has 0 unspecified atom stereocenters. The van der Waals surface area contributed by atoms with Crippen LogP contribution >= 0.6 is 0 Å². The second-order valence-corrected chi connectivity index (χ2v) is 4.13. The molecule has 1 nitrogen and oxygen atoms in total. The summed E-state index contributed by atoms with van der Waals surface area (Å²) in [5.74, 6) is 1.24. The third-order valence-electron chi connectivity index (χ3n) is 3.45. The number of fused-ring (bicyclic) bond motifs is 2. The molecule has 2 atom stereocenters. The molecule has 4 rings (SSSR count). The fourth-order valence-electron chi connectivity index (χ4n) is 2.81. The first-order chi connectivity index (χ1) is 6.36. The van der Waals surface area contributed by atoms with Crippen LogP contribution in [0.3, 0.4) is 0 Å². The van der Waals surface area contributed by atoms with Crippen LogP contribution in [0.1, 0.15) is 42.2 Å². The quantitative estimate of drug-likeness (QED) is 0.588. The molecule has 0 amide bonds. The van der Waals surface area contributed by atoms with Crippen molar-refractivity contribution in [3.05, 3.63) is 35.4 Å². The number of hydrogen-bond donors (Lipinski definition) is 0. The minimum Gasteiger partial charge on any atom is -0.299 e. The topological polar surface area (TPSA) is 17.1 Å². The molecule has 0 aromatic heterocycles. The molecular formula is C12H12O. The summed E-state index contributed by atoms with van der Waals surface area (Å²) in [7, 11) is 0. The zero-order valence-corrected chi connectivity index (χ0v) is 7.49. The smallest absolute Gasteiger partial charge is 0.140 e. The SMILES string of the molecule is O=C1C[C@H]2CC[C@@H]1c1ccccc12. The van der Waals surface area contributed by atoms with Crippen molar-refractivity contribution in [1.82, 2.24) is 0 Å². The minimum atomic E-state index is 0.237. The average molecular weight is 172 g/mol. The molecule has 3 aliphatic carbocycles. The van der Waals surface area contributed by atoms with Gasteiger partial charge in [0.25, 0.3) is 0 Å². The molecule has 1 aromatic rings. The maximum Gasteiger partial charge on any atom is 0.140 e. The van der Waals surface area contributed by atoms with E-state index in [0.29, 0.717) is 11.7 Å². The van der Waals surface area contributed by atoms with Gasteiger partial charge in [-0.3, -0.25) is 4.79 Å². The summed E-state index contributed by atoms with van der Waals surface area (Å²) in [6.07, 6.45) is 3.09. The maximum absolute atomic E-state index is 11.6. The molecule has 66 valence electrons. The Balaban J connectivity index is 2.21. The lowest BCUT2D eigenvalue weighted by molar-refractivity contribution is -0.123. The molecule has 0 radical (unpaired) electrons. The lowest BCUT2D eigenvalue weighted by Crippen LogP contribution is -2.29. The third kappa shape index (κ3) is 0.902. The maximum atomic E-state index is 11.6. The van der Waals surface area contributed by atoms with E-state index in [1.54, 1.807) is 0 Å². The summed E-state index contributed by atoms with van der Waals surface area (Å²) in [5, 5.41) is 0. The van der Waals surface area contributed by atoms with Crippen molar-refractivity contribution in [2.75, 3.05) is 0 Å². The molecular weight excluding hydrogens is 160 g/mol. The summed E-state index contributed by atoms with van der Waals surface area (Å²) in [6, 6.07) is 8.46. The van der Waals surface area contributed by atoms with Gasteiger partial charge in [-0.1, -0.05) is 24.3 Å². The Morgan fingerprint density at radius 3 is 2.62 bits per heavy atom. The van der Waals surface area contributed by atoms with Gasteiger partial charge in [-0.25, -0.2) is 0 Å². The number of benzene rings is 1. The van der Waals surface area contributed by atoms with Gasteiger partial charge in [0.15, 0.2) is 0 Å². The molecule has 2 bridgehead atoms. The van der Waals surface area contributed by atoms with E-state index in [1.165, 1.54) is 17.5 Å². The van der Waals surface area contributed by atoms with Gasteiger partial charge in [0, 0.05) is 12.3 Å². The van der Waals surface area contributed by atoms with Crippen LogP contribution in [0.4, 0.5) is 0 Å². The highest BCUT2D eigenvalue weighted by molar-refractivity contribution is 5.89. The van der Waals surface area contributed by atoms with Crippen LogP contribution in [-0.2, 0) is 4.79 Å². The molecule has 1 heteroatoms. The highest BCUT2D eigenvalue weighted by atomic mass is 16.1. The first-order valence-corrected chi connectivity index (χ1v) is 4.98. The average Bonchev–Trinajstić information content (AvgIpc) is 2.19. The molecule has 13 heavy (non-hydrogen) atoms. The molecule has 3 aliphatic rings. The van der Waals surface area contributed by atoms with E-state index < -0.39 is 0 Å². The number of Topliss-reactive ketones (excluding diaryl/α,β-unsaturated/α-hetero) is 1. The van der Waals surface area contributed by atoms with Crippen LogP contribution in [0.5, 0.6) is 0 Å². The molecule has 0 aliphatic heterocycles. The van der Waals surface area contributed by atoms with Crippen molar-refractivity contribution in [3.63, 3.8) is 0 Å². The Hall–Kier alpha value is -1.11. The summed E-state index contributed by atoms with van der Waals surface area (Å²) in [6.45, 7) is 0. The van der Waals surface area contributed by atoms with E-state index in [1.807, 2.05) is 6.07 Å². The summed E-state index contributed by atoms with van der Waals surface area (Å²) in [5.41, 5.74) is 2.76. The van der Waals surface area contributed by atoms with Gasteiger partial charge in [-0.05, 0) is 29.9 Å². The number of rotatable bonds is 0. The van der Waals surface area contributed by atoms with E-state index >= 15 is 0 Å². The predicted octanol–water partition coefficient (Wildman–Crippen LogP) is 2.62. The van der Waals surface area contributed by atoms with Crippen molar-refractivity contribution in [1.29, 1.82) is 0 Å². The highest BCUT2D eigenvalue weighted by Crippen LogP contribution is 2.46.